The molecule has 0 radical (unpaired) electrons. The average molecular weight is 436 g/mol. The van der Waals surface area contributed by atoms with Gasteiger partial charge in [-0.3, -0.25) is 14.6 Å². The van der Waals surface area contributed by atoms with E-state index in [1.807, 2.05) is 24.3 Å². The Bertz CT molecular complexity index is 979. The highest BCUT2D eigenvalue weighted by molar-refractivity contribution is 5.89. The summed E-state index contributed by atoms with van der Waals surface area (Å²) >= 11 is 0. The molecule has 0 aromatic heterocycles. The number of ether oxygens (including phenoxy) is 2. The van der Waals surface area contributed by atoms with E-state index in [9.17, 15) is 9.59 Å². The highest BCUT2D eigenvalue weighted by Gasteiger charge is 2.55. The van der Waals surface area contributed by atoms with Crippen LogP contribution in [0.25, 0.3) is 0 Å². The molecule has 4 atom stereocenters. The lowest BCUT2D eigenvalue weighted by Crippen LogP contribution is -2.33. The summed E-state index contributed by atoms with van der Waals surface area (Å²) in [5, 5.41) is 2.71. The van der Waals surface area contributed by atoms with Crippen molar-refractivity contribution in [3.63, 3.8) is 0 Å². The molecule has 2 amide bonds. The van der Waals surface area contributed by atoms with E-state index in [2.05, 4.69) is 34.5 Å². The fraction of sp³-hybridized carbons (Fsp3) is 0.440. The Kier molecular flexibility index (Phi) is 5.51. The van der Waals surface area contributed by atoms with Gasteiger partial charge in [0.15, 0.2) is 0 Å². The number of carbonyl (C=O) groups is 2. The lowest BCUT2D eigenvalue weighted by Gasteiger charge is -2.20. The summed E-state index contributed by atoms with van der Waals surface area (Å²) in [6.45, 7) is 5.50. The Labute approximate surface area is 188 Å². The Morgan fingerprint density at radius 3 is 2.38 bits per heavy atom. The molecule has 3 aliphatic rings. The fourth-order valence-electron chi connectivity index (χ4n) is 5.20. The van der Waals surface area contributed by atoms with E-state index in [-0.39, 0.29) is 18.1 Å². The minimum atomic E-state index is -0.356. The Hall–Kier alpha value is -3.06. The number of hydrogen-bond acceptors (Lipinski definition) is 5. The molecule has 1 saturated carbocycles. The van der Waals surface area contributed by atoms with Crippen LogP contribution in [-0.2, 0) is 16.1 Å². The number of rotatable bonds is 7. The molecule has 5 rings (SSSR count). The normalized spacial score (nSPS) is 26.6. The number of benzene rings is 2. The average Bonchev–Trinajstić information content (AvgIpc) is 3.10. The third-order valence-electron chi connectivity index (χ3n) is 6.88. The zero-order valence-electron chi connectivity index (χ0n) is 18.5. The number of anilines is 1. The van der Waals surface area contributed by atoms with Gasteiger partial charge >= 0.3 is 6.09 Å². The van der Waals surface area contributed by atoms with Crippen LogP contribution in [0.2, 0.25) is 0 Å². The summed E-state index contributed by atoms with van der Waals surface area (Å²) in [6, 6.07) is 16.7. The molecule has 0 spiro atoms. The number of cyclic esters (lactones) is 1. The predicted molar refractivity (Wildman–Crippen MR) is 121 cm³/mol. The number of hydrogen-bond donors (Lipinski definition) is 1. The largest absolute Gasteiger partial charge is 0.497 e. The first-order valence-corrected chi connectivity index (χ1v) is 11.2. The molecule has 2 aromatic carbocycles. The summed E-state index contributed by atoms with van der Waals surface area (Å²) < 4.78 is 10.6. The van der Waals surface area contributed by atoms with E-state index >= 15 is 0 Å². The number of amides is 2. The molecule has 0 unspecified atom stereocenters. The Balaban J connectivity index is 1.14. The minimum absolute atomic E-state index is 0.124. The molecule has 0 bridgehead atoms. The van der Waals surface area contributed by atoms with Crippen LogP contribution in [0.1, 0.15) is 24.0 Å². The van der Waals surface area contributed by atoms with Gasteiger partial charge in [0.2, 0.25) is 5.91 Å². The number of carbonyl (C=O) groups excluding carboxylic acids is 2. The molecule has 7 heteroatoms. The molecule has 3 fully saturated rings. The maximum absolute atomic E-state index is 12.2. The number of likely N-dealkylation sites (tertiary alicyclic amines) is 1. The zero-order valence-corrected chi connectivity index (χ0v) is 18.5. The second-order valence-corrected chi connectivity index (χ2v) is 9.04. The zero-order chi connectivity index (χ0) is 22.2. The van der Waals surface area contributed by atoms with E-state index in [1.165, 1.54) is 18.1 Å². The lowest BCUT2D eigenvalue weighted by molar-refractivity contribution is -0.119. The number of fused-ring (bicyclic) bond motifs is 1. The molecule has 7 nitrogen and oxygen atoms in total. The molecular weight excluding hydrogens is 406 g/mol. The highest BCUT2D eigenvalue weighted by Crippen LogP contribution is 2.58. The molecule has 2 aliphatic heterocycles. The maximum atomic E-state index is 12.2. The van der Waals surface area contributed by atoms with E-state index in [1.54, 1.807) is 12.0 Å². The first-order valence-electron chi connectivity index (χ1n) is 11.2. The number of piperidine rings is 1. The third kappa shape index (κ3) is 4.17. The predicted octanol–water partition coefficient (Wildman–Crippen LogP) is 3.00. The summed E-state index contributed by atoms with van der Waals surface area (Å²) in [4.78, 5) is 27.5. The molecule has 1 N–H and O–H groups in total. The van der Waals surface area contributed by atoms with Crippen LogP contribution in [0.5, 0.6) is 5.75 Å². The van der Waals surface area contributed by atoms with Crippen LogP contribution >= 0.6 is 0 Å². The van der Waals surface area contributed by atoms with Crippen molar-refractivity contribution < 1.29 is 19.1 Å². The van der Waals surface area contributed by atoms with Crippen LogP contribution in [0.15, 0.2) is 48.5 Å². The van der Waals surface area contributed by atoms with Crippen molar-refractivity contribution >= 4 is 17.7 Å². The molecule has 2 saturated heterocycles. The van der Waals surface area contributed by atoms with Crippen LogP contribution in [-0.4, -0.2) is 56.3 Å². The van der Waals surface area contributed by atoms with Crippen LogP contribution in [0.3, 0.4) is 0 Å². The van der Waals surface area contributed by atoms with Gasteiger partial charge in [-0.1, -0.05) is 24.3 Å². The van der Waals surface area contributed by atoms with Crippen molar-refractivity contribution in [1.82, 2.24) is 10.2 Å². The van der Waals surface area contributed by atoms with Gasteiger partial charge in [-0.15, -0.1) is 0 Å². The molecule has 1 aliphatic carbocycles. The van der Waals surface area contributed by atoms with Crippen molar-refractivity contribution in [2.45, 2.75) is 25.5 Å². The second kappa shape index (κ2) is 8.47. The van der Waals surface area contributed by atoms with E-state index in [0.29, 0.717) is 19.0 Å². The van der Waals surface area contributed by atoms with Crippen molar-refractivity contribution in [3.05, 3.63) is 59.7 Å². The van der Waals surface area contributed by atoms with E-state index in [4.69, 9.17) is 9.47 Å². The molecule has 32 heavy (non-hydrogen) atoms. The lowest BCUT2D eigenvalue weighted by atomic mass is 10.1. The molecule has 2 heterocycles. The van der Waals surface area contributed by atoms with Gasteiger partial charge in [0.1, 0.15) is 11.9 Å². The first kappa shape index (κ1) is 20.8. The fourth-order valence-corrected chi connectivity index (χ4v) is 5.20. The van der Waals surface area contributed by atoms with Gasteiger partial charge in [0.25, 0.3) is 0 Å². The Morgan fingerprint density at radius 2 is 1.75 bits per heavy atom. The monoisotopic (exact) mass is 435 g/mol. The van der Waals surface area contributed by atoms with Gasteiger partial charge in [-0.25, -0.2) is 4.79 Å². The van der Waals surface area contributed by atoms with Crippen LogP contribution < -0.4 is 15.0 Å². The summed E-state index contributed by atoms with van der Waals surface area (Å²) in [7, 11) is 1.69. The van der Waals surface area contributed by atoms with E-state index in [0.717, 1.165) is 42.9 Å². The first-order chi connectivity index (χ1) is 15.5. The summed E-state index contributed by atoms with van der Waals surface area (Å²) in [5.74, 6) is 2.83. The third-order valence-corrected chi connectivity index (χ3v) is 6.88. The number of nitrogens with one attached hydrogen (secondary N) is 1. The van der Waals surface area contributed by atoms with Gasteiger partial charge in [-0.05, 0) is 53.1 Å². The van der Waals surface area contributed by atoms with Crippen molar-refractivity contribution in [1.29, 1.82) is 0 Å². The summed E-state index contributed by atoms with van der Waals surface area (Å²) in [6.07, 6.45) is -0.670. The molecule has 168 valence electrons. The van der Waals surface area contributed by atoms with Gasteiger partial charge in [-0.2, -0.15) is 0 Å². The van der Waals surface area contributed by atoms with Crippen molar-refractivity contribution in [3.8, 4) is 5.75 Å². The Morgan fingerprint density at radius 1 is 1.06 bits per heavy atom. The maximum Gasteiger partial charge on any atom is 0.414 e. The second-order valence-electron chi connectivity index (χ2n) is 9.04. The van der Waals surface area contributed by atoms with Crippen LogP contribution in [0, 0.1) is 11.8 Å². The van der Waals surface area contributed by atoms with Crippen molar-refractivity contribution in [2.75, 3.05) is 38.2 Å². The standard InChI is InChI=1S/C25H29N3O4/c1-16(29)26-11-21-13-28(25(30)32-21)19-7-5-18(6-8-19)24-22-14-27(15-23(22)24)12-17-3-9-20(31-2)10-4-17/h3-10,21-24H,11-15H2,1-2H3,(H,26,29)/t21-,22-,23+,24+/m0/s1. The topological polar surface area (TPSA) is 71.1 Å². The molecular formula is C25H29N3O4. The highest BCUT2D eigenvalue weighted by atomic mass is 16.6. The smallest absolute Gasteiger partial charge is 0.414 e. The minimum Gasteiger partial charge on any atom is -0.497 e. The number of nitrogens with zero attached hydrogens (tertiary/aromatic N) is 2. The quantitative estimate of drug-likeness (QED) is 0.724. The van der Waals surface area contributed by atoms with Gasteiger partial charge < -0.3 is 14.8 Å². The van der Waals surface area contributed by atoms with E-state index < -0.39 is 0 Å². The van der Waals surface area contributed by atoms with Crippen molar-refractivity contribution in [2.24, 2.45) is 11.8 Å². The van der Waals surface area contributed by atoms with Crippen LogP contribution in [0.4, 0.5) is 10.5 Å². The molecule has 2 aromatic rings. The van der Waals surface area contributed by atoms with Gasteiger partial charge in [0.05, 0.1) is 20.2 Å². The van der Waals surface area contributed by atoms with Gasteiger partial charge in [0, 0.05) is 32.2 Å². The summed E-state index contributed by atoms with van der Waals surface area (Å²) in [5.41, 5.74) is 3.52. The SMILES string of the molecule is COc1ccc(CN2C[C@@H]3[C@H](C2)[C@H]3c2ccc(N3C[C@H](CNC(C)=O)OC3=O)cc2)cc1. The number of methoxy groups -OCH3 is 1.